The average molecular weight is 315 g/mol. The molecule has 1 aliphatic heterocycles. The van der Waals surface area contributed by atoms with Crippen molar-refractivity contribution in [3.8, 4) is 0 Å². The number of halogens is 3. The number of Topliss-reactive ketones (excluding diaryl/α,β-unsaturated/α-hetero) is 1. The molecule has 0 spiro atoms. The van der Waals surface area contributed by atoms with Crippen LogP contribution in [0.2, 0.25) is 0 Å². The highest BCUT2D eigenvalue weighted by Crippen LogP contribution is 2.37. The fourth-order valence-electron chi connectivity index (χ4n) is 1.98. The van der Waals surface area contributed by atoms with Gasteiger partial charge in [0, 0.05) is 6.92 Å². The minimum Gasteiger partial charge on any atom is -0.398 e. The zero-order valence-corrected chi connectivity index (χ0v) is 13.0. The maximum absolute atomic E-state index is 13.0. The number of carbonyl (C=O) groups excluding carboxylic acids is 1. The summed E-state index contributed by atoms with van der Waals surface area (Å²) in [5.74, 6) is -0.552. The van der Waals surface area contributed by atoms with Crippen LogP contribution < -0.4 is 5.59 Å². The van der Waals surface area contributed by atoms with E-state index in [1.54, 1.807) is 27.7 Å². The molecule has 1 saturated heterocycles. The third-order valence-corrected chi connectivity index (χ3v) is 4.03. The molecule has 0 amide bonds. The summed E-state index contributed by atoms with van der Waals surface area (Å²) in [6.07, 6.45) is -4.58. The molecule has 2 rings (SSSR count). The van der Waals surface area contributed by atoms with Crippen molar-refractivity contribution in [1.82, 2.24) is 4.98 Å². The Labute approximate surface area is 127 Å². The number of hydrogen-bond donors (Lipinski definition) is 0. The van der Waals surface area contributed by atoms with Crippen LogP contribution in [0, 0.1) is 0 Å². The summed E-state index contributed by atoms with van der Waals surface area (Å²) in [6, 6.07) is 1.59. The topological polar surface area (TPSA) is 48.4 Å². The molecule has 0 saturated carbocycles. The summed E-state index contributed by atoms with van der Waals surface area (Å²) in [5.41, 5.74) is -2.68. The van der Waals surface area contributed by atoms with Crippen molar-refractivity contribution in [2.75, 3.05) is 0 Å². The van der Waals surface area contributed by atoms with Crippen molar-refractivity contribution in [2.24, 2.45) is 0 Å². The molecule has 2 heterocycles. The molecule has 1 aliphatic rings. The van der Waals surface area contributed by atoms with Gasteiger partial charge in [0.05, 0.1) is 22.4 Å². The number of ketones is 1. The number of nitrogens with zero attached hydrogens (tertiary/aromatic N) is 1. The van der Waals surface area contributed by atoms with Crippen LogP contribution in [-0.4, -0.2) is 29.1 Å². The molecular formula is C14H17BF3NO3. The Kier molecular flexibility index (Phi) is 3.90. The predicted octanol–water partition coefficient (Wildman–Crippen LogP) is 2.60. The first-order valence-corrected chi connectivity index (χ1v) is 6.79. The first-order chi connectivity index (χ1) is 9.83. The van der Waals surface area contributed by atoms with E-state index < -0.39 is 35.8 Å². The van der Waals surface area contributed by atoms with Crippen LogP contribution in [0.1, 0.15) is 50.7 Å². The lowest BCUT2D eigenvalue weighted by Crippen LogP contribution is -2.41. The van der Waals surface area contributed by atoms with E-state index in [9.17, 15) is 18.0 Å². The van der Waals surface area contributed by atoms with Gasteiger partial charge in [0.25, 0.3) is 0 Å². The van der Waals surface area contributed by atoms with Crippen molar-refractivity contribution in [3.05, 3.63) is 23.4 Å². The largest absolute Gasteiger partial charge is 0.514 e. The Bertz CT molecular complexity index is 598. The van der Waals surface area contributed by atoms with Gasteiger partial charge in [-0.15, -0.1) is 0 Å². The fourth-order valence-corrected chi connectivity index (χ4v) is 1.98. The number of alkyl halides is 3. The average Bonchev–Trinajstić information content (AvgIpc) is 2.57. The summed E-state index contributed by atoms with van der Waals surface area (Å²) in [7, 11) is -1.05. The third-order valence-electron chi connectivity index (χ3n) is 4.03. The molecule has 0 radical (unpaired) electrons. The fraction of sp³-hybridized carbons (Fsp3) is 0.571. The molecule has 0 unspecified atom stereocenters. The van der Waals surface area contributed by atoms with E-state index in [4.69, 9.17) is 9.31 Å². The van der Waals surface area contributed by atoms with Gasteiger partial charge in [-0.25, -0.2) is 0 Å². The molecule has 120 valence electrons. The predicted molar refractivity (Wildman–Crippen MR) is 75.0 cm³/mol. The molecule has 22 heavy (non-hydrogen) atoms. The highest BCUT2D eigenvalue weighted by Gasteiger charge is 2.52. The van der Waals surface area contributed by atoms with E-state index in [1.165, 1.54) is 0 Å². The molecule has 1 aromatic heterocycles. The Balaban J connectivity index is 2.48. The number of aromatic nitrogens is 1. The highest BCUT2D eigenvalue weighted by atomic mass is 19.4. The zero-order chi connectivity index (χ0) is 16.9. The molecule has 4 nitrogen and oxygen atoms in total. The first-order valence-electron chi connectivity index (χ1n) is 6.79. The zero-order valence-electron chi connectivity index (χ0n) is 13.0. The normalized spacial score (nSPS) is 20.3. The lowest BCUT2D eigenvalue weighted by atomic mass is 9.83. The van der Waals surface area contributed by atoms with Gasteiger partial charge in [0.1, 0.15) is 5.69 Å². The van der Waals surface area contributed by atoms with Crippen LogP contribution in [0.3, 0.4) is 0 Å². The third kappa shape index (κ3) is 3.03. The summed E-state index contributed by atoms with van der Waals surface area (Å²) in [6.45, 7) is 8.30. The summed E-state index contributed by atoms with van der Waals surface area (Å²) in [4.78, 5) is 15.4. The monoisotopic (exact) mass is 315 g/mol. The SMILES string of the molecule is CC(=O)c1cc(C(F)(F)F)cc(B2OC(C)(C)C(C)(C)O2)n1. The van der Waals surface area contributed by atoms with Crippen LogP contribution >= 0.6 is 0 Å². The number of hydrogen-bond acceptors (Lipinski definition) is 4. The van der Waals surface area contributed by atoms with E-state index >= 15 is 0 Å². The van der Waals surface area contributed by atoms with E-state index in [0.29, 0.717) is 0 Å². The number of carbonyl (C=O) groups is 1. The van der Waals surface area contributed by atoms with Gasteiger partial charge in [0.2, 0.25) is 0 Å². The molecule has 0 aromatic carbocycles. The van der Waals surface area contributed by atoms with Gasteiger partial charge in [-0.2, -0.15) is 13.2 Å². The second kappa shape index (κ2) is 5.06. The van der Waals surface area contributed by atoms with Gasteiger partial charge in [0.15, 0.2) is 5.78 Å². The molecule has 1 fully saturated rings. The van der Waals surface area contributed by atoms with Crippen molar-refractivity contribution in [2.45, 2.75) is 52.0 Å². The van der Waals surface area contributed by atoms with Crippen molar-refractivity contribution in [3.63, 3.8) is 0 Å². The Hall–Kier alpha value is -1.41. The number of rotatable bonds is 2. The van der Waals surface area contributed by atoms with Gasteiger partial charge in [-0.3, -0.25) is 9.78 Å². The lowest BCUT2D eigenvalue weighted by Gasteiger charge is -2.32. The van der Waals surface area contributed by atoms with Crippen LogP contribution in [0.25, 0.3) is 0 Å². The minimum atomic E-state index is -4.58. The van der Waals surface area contributed by atoms with E-state index in [2.05, 4.69) is 4.98 Å². The Morgan fingerprint density at radius 1 is 1.14 bits per heavy atom. The van der Waals surface area contributed by atoms with Crippen molar-refractivity contribution in [1.29, 1.82) is 0 Å². The molecule has 0 N–H and O–H groups in total. The summed E-state index contributed by atoms with van der Waals surface area (Å²) < 4.78 is 50.3. The van der Waals surface area contributed by atoms with E-state index in [-0.39, 0.29) is 11.3 Å². The highest BCUT2D eigenvalue weighted by molar-refractivity contribution is 6.61. The molecule has 0 atom stereocenters. The Morgan fingerprint density at radius 2 is 1.64 bits per heavy atom. The lowest BCUT2D eigenvalue weighted by molar-refractivity contribution is -0.137. The Morgan fingerprint density at radius 3 is 2.05 bits per heavy atom. The molecule has 0 aliphatic carbocycles. The van der Waals surface area contributed by atoms with Crippen LogP contribution in [0.5, 0.6) is 0 Å². The van der Waals surface area contributed by atoms with Gasteiger partial charge in [-0.1, -0.05) is 0 Å². The van der Waals surface area contributed by atoms with E-state index in [0.717, 1.165) is 19.1 Å². The smallest absolute Gasteiger partial charge is 0.398 e. The summed E-state index contributed by atoms with van der Waals surface area (Å²) in [5, 5.41) is 0. The van der Waals surface area contributed by atoms with Crippen LogP contribution in [0.15, 0.2) is 12.1 Å². The minimum absolute atomic E-state index is 0.0568. The molecular weight excluding hydrogens is 298 g/mol. The maximum Gasteiger partial charge on any atom is 0.514 e. The summed E-state index contributed by atoms with van der Waals surface area (Å²) >= 11 is 0. The van der Waals surface area contributed by atoms with Gasteiger partial charge in [-0.05, 0) is 39.8 Å². The molecule has 8 heteroatoms. The second-order valence-corrected chi connectivity index (χ2v) is 6.31. The molecule has 0 bridgehead atoms. The number of pyridine rings is 1. The quantitative estimate of drug-likeness (QED) is 0.622. The molecule has 1 aromatic rings. The first kappa shape index (κ1) is 17.0. The van der Waals surface area contributed by atoms with Gasteiger partial charge < -0.3 is 9.31 Å². The van der Waals surface area contributed by atoms with Crippen molar-refractivity contribution < 1.29 is 27.3 Å². The van der Waals surface area contributed by atoms with E-state index in [1.807, 2.05) is 0 Å². The van der Waals surface area contributed by atoms with Gasteiger partial charge >= 0.3 is 13.3 Å². The van der Waals surface area contributed by atoms with Crippen LogP contribution in [0.4, 0.5) is 13.2 Å². The standard InChI is InChI=1S/C14H17BF3NO3/c1-8(20)10-6-9(14(16,17)18)7-11(19-10)15-21-12(2,3)13(4,5)22-15/h6-7H,1-5H3. The van der Waals surface area contributed by atoms with Crippen molar-refractivity contribution >= 4 is 18.5 Å². The second-order valence-electron chi connectivity index (χ2n) is 6.31. The maximum atomic E-state index is 13.0. The van der Waals surface area contributed by atoms with Crippen LogP contribution in [-0.2, 0) is 15.5 Å².